The Labute approximate surface area is 139 Å². The zero-order valence-electron chi connectivity index (χ0n) is 14.0. The summed E-state index contributed by atoms with van der Waals surface area (Å²) in [6.45, 7) is 5.80. The van der Waals surface area contributed by atoms with Crippen molar-refractivity contribution in [3.05, 3.63) is 39.1 Å². The molecule has 1 aliphatic rings. The molecule has 1 saturated heterocycles. The average Bonchev–Trinajstić information content (AvgIpc) is 3.18. The summed E-state index contributed by atoms with van der Waals surface area (Å²) >= 11 is 0. The lowest BCUT2D eigenvalue weighted by Gasteiger charge is -2.16. The first-order valence-corrected chi connectivity index (χ1v) is 8.15. The average molecular weight is 330 g/mol. The van der Waals surface area contributed by atoms with Gasteiger partial charge in [0.05, 0.1) is 24.4 Å². The van der Waals surface area contributed by atoms with Gasteiger partial charge in [-0.25, -0.2) is 4.98 Å². The van der Waals surface area contributed by atoms with E-state index in [1.807, 2.05) is 13.8 Å². The molecule has 2 aromatic rings. The van der Waals surface area contributed by atoms with Crippen molar-refractivity contribution in [3.63, 3.8) is 0 Å². The molecular formula is C16H22N6O2. The Balaban J connectivity index is 1.63. The summed E-state index contributed by atoms with van der Waals surface area (Å²) in [4.78, 5) is 33.2. The topological polar surface area (TPSA) is 107 Å². The Bertz CT molecular complexity index is 769. The van der Waals surface area contributed by atoms with E-state index in [0.29, 0.717) is 11.6 Å². The summed E-state index contributed by atoms with van der Waals surface area (Å²) in [5.41, 5.74) is 3.00. The molecule has 24 heavy (non-hydrogen) atoms. The van der Waals surface area contributed by atoms with Crippen LogP contribution in [0.5, 0.6) is 0 Å². The number of H-pyrrole nitrogens is 2. The van der Waals surface area contributed by atoms with Crippen LogP contribution < -0.4 is 15.8 Å². The normalized spacial score (nSPS) is 14.2. The van der Waals surface area contributed by atoms with Crippen LogP contribution in [-0.4, -0.2) is 39.2 Å². The highest BCUT2D eigenvalue weighted by Crippen LogP contribution is 2.14. The van der Waals surface area contributed by atoms with Crippen molar-refractivity contribution >= 4 is 11.9 Å². The third kappa shape index (κ3) is 3.64. The van der Waals surface area contributed by atoms with Crippen LogP contribution in [-0.2, 0) is 17.8 Å². The molecule has 3 heterocycles. The number of nitrogens with one attached hydrogen (secondary N) is 3. The van der Waals surface area contributed by atoms with Gasteiger partial charge >= 0.3 is 0 Å². The van der Waals surface area contributed by atoms with E-state index >= 15 is 0 Å². The molecule has 128 valence electrons. The SMILES string of the molecule is Cc1n[nH]c(C)c1CC(=O)NCc1cc(=O)[nH]c(N2CCCC2)n1. The molecule has 1 amide bonds. The Kier molecular flexibility index (Phi) is 4.64. The van der Waals surface area contributed by atoms with Crippen molar-refractivity contribution in [2.45, 2.75) is 39.7 Å². The molecule has 0 aliphatic carbocycles. The van der Waals surface area contributed by atoms with Crippen LogP contribution in [0.15, 0.2) is 10.9 Å². The van der Waals surface area contributed by atoms with Crippen molar-refractivity contribution in [3.8, 4) is 0 Å². The second kappa shape index (κ2) is 6.86. The van der Waals surface area contributed by atoms with Gasteiger partial charge < -0.3 is 10.2 Å². The minimum absolute atomic E-state index is 0.118. The molecule has 0 unspecified atom stereocenters. The largest absolute Gasteiger partial charge is 0.350 e. The molecule has 3 N–H and O–H groups in total. The number of hydrogen-bond donors (Lipinski definition) is 3. The molecule has 8 nitrogen and oxygen atoms in total. The van der Waals surface area contributed by atoms with E-state index in [1.54, 1.807) is 0 Å². The van der Waals surface area contributed by atoms with E-state index in [9.17, 15) is 9.59 Å². The van der Waals surface area contributed by atoms with Crippen molar-refractivity contribution < 1.29 is 4.79 Å². The van der Waals surface area contributed by atoms with Crippen molar-refractivity contribution in [2.75, 3.05) is 18.0 Å². The van der Waals surface area contributed by atoms with Gasteiger partial charge in [0.15, 0.2) is 0 Å². The van der Waals surface area contributed by atoms with Gasteiger partial charge in [-0.1, -0.05) is 0 Å². The quantitative estimate of drug-likeness (QED) is 0.743. The van der Waals surface area contributed by atoms with Crippen molar-refractivity contribution in [1.29, 1.82) is 0 Å². The third-order valence-corrected chi connectivity index (χ3v) is 4.27. The van der Waals surface area contributed by atoms with Crippen LogP contribution in [0.2, 0.25) is 0 Å². The first-order chi connectivity index (χ1) is 11.5. The predicted octanol–water partition coefficient (Wildman–Crippen LogP) is 0.569. The third-order valence-electron chi connectivity index (χ3n) is 4.27. The summed E-state index contributed by atoms with van der Waals surface area (Å²) in [5, 5.41) is 9.78. The lowest BCUT2D eigenvalue weighted by molar-refractivity contribution is -0.120. The number of anilines is 1. The predicted molar refractivity (Wildman–Crippen MR) is 89.9 cm³/mol. The zero-order chi connectivity index (χ0) is 17.1. The van der Waals surface area contributed by atoms with Gasteiger partial charge in [-0.2, -0.15) is 5.10 Å². The maximum atomic E-state index is 12.1. The number of aromatic amines is 2. The van der Waals surface area contributed by atoms with Crippen LogP contribution >= 0.6 is 0 Å². The van der Waals surface area contributed by atoms with E-state index in [0.717, 1.165) is 42.9 Å². The van der Waals surface area contributed by atoms with E-state index in [4.69, 9.17) is 0 Å². The molecule has 0 bridgehead atoms. The fourth-order valence-corrected chi connectivity index (χ4v) is 2.91. The van der Waals surface area contributed by atoms with Gasteiger partial charge in [0, 0.05) is 30.4 Å². The highest BCUT2D eigenvalue weighted by Gasteiger charge is 2.16. The second-order valence-corrected chi connectivity index (χ2v) is 6.12. The molecule has 0 aromatic carbocycles. The van der Waals surface area contributed by atoms with Gasteiger partial charge in [0.1, 0.15) is 0 Å². The lowest BCUT2D eigenvalue weighted by Crippen LogP contribution is -2.28. The standard InChI is InChI=1S/C16H22N6O2/c1-10-13(11(2)21-20-10)8-14(23)17-9-12-7-15(24)19-16(18-12)22-5-3-4-6-22/h7H,3-6,8-9H2,1-2H3,(H,17,23)(H,20,21)(H,18,19,24). The van der Waals surface area contributed by atoms with Gasteiger partial charge in [-0.05, 0) is 26.7 Å². The first kappa shape index (κ1) is 16.2. The number of rotatable bonds is 5. The molecule has 3 rings (SSSR count). The van der Waals surface area contributed by atoms with E-state index in [2.05, 4.69) is 30.4 Å². The maximum absolute atomic E-state index is 12.1. The number of carbonyl (C=O) groups is 1. The van der Waals surface area contributed by atoms with Gasteiger partial charge in [0.25, 0.3) is 5.56 Å². The summed E-state index contributed by atoms with van der Waals surface area (Å²) < 4.78 is 0. The summed E-state index contributed by atoms with van der Waals surface area (Å²) in [6.07, 6.45) is 2.47. The molecule has 1 aliphatic heterocycles. The van der Waals surface area contributed by atoms with E-state index in [1.165, 1.54) is 6.07 Å². The number of nitrogens with zero attached hydrogens (tertiary/aromatic N) is 3. The highest BCUT2D eigenvalue weighted by atomic mass is 16.1. The van der Waals surface area contributed by atoms with Crippen molar-refractivity contribution in [1.82, 2.24) is 25.5 Å². The van der Waals surface area contributed by atoms with Gasteiger partial charge in [-0.3, -0.25) is 19.7 Å². The Morgan fingerprint density at radius 2 is 2.08 bits per heavy atom. The first-order valence-electron chi connectivity index (χ1n) is 8.15. The maximum Gasteiger partial charge on any atom is 0.252 e. The number of carbonyl (C=O) groups excluding carboxylic acids is 1. The monoisotopic (exact) mass is 330 g/mol. The smallest absolute Gasteiger partial charge is 0.252 e. The summed E-state index contributed by atoms with van der Waals surface area (Å²) in [7, 11) is 0. The van der Waals surface area contributed by atoms with Crippen LogP contribution in [0.4, 0.5) is 5.95 Å². The van der Waals surface area contributed by atoms with Crippen LogP contribution in [0, 0.1) is 13.8 Å². The molecule has 0 spiro atoms. The van der Waals surface area contributed by atoms with Gasteiger partial charge in [0.2, 0.25) is 11.9 Å². The number of hydrogen-bond acceptors (Lipinski definition) is 5. The Morgan fingerprint density at radius 3 is 2.75 bits per heavy atom. The van der Waals surface area contributed by atoms with Crippen LogP contribution in [0.25, 0.3) is 0 Å². The second-order valence-electron chi connectivity index (χ2n) is 6.12. The zero-order valence-corrected chi connectivity index (χ0v) is 14.0. The fourth-order valence-electron chi connectivity index (χ4n) is 2.91. The number of aryl methyl sites for hydroxylation is 2. The molecule has 2 aromatic heterocycles. The number of aromatic nitrogens is 4. The van der Waals surface area contributed by atoms with Crippen LogP contribution in [0.1, 0.15) is 35.5 Å². The van der Waals surface area contributed by atoms with E-state index < -0.39 is 0 Å². The fraction of sp³-hybridized carbons (Fsp3) is 0.500. The molecule has 0 radical (unpaired) electrons. The minimum atomic E-state index is -0.197. The Hall–Kier alpha value is -2.64. The molecule has 0 saturated carbocycles. The highest BCUT2D eigenvalue weighted by molar-refractivity contribution is 5.79. The van der Waals surface area contributed by atoms with Crippen molar-refractivity contribution in [2.24, 2.45) is 0 Å². The molecule has 8 heteroatoms. The number of amides is 1. The molecule has 1 fully saturated rings. The molecular weight excluding hydrogens is 308 g/mol. The van der Waals surface area contributed by atoms with Gasteiger partial charge in [-0.15, -0.1) is 0 Å². The summed E-state index contributed by atoms with van der Waals surface area (Å²) in [6, 6.07) is 1.42. The van der Waals surface area contributed by atoms with E-state index in [-0.39, 0.29) is 24.4 Å². The Morgan fingerprint density at radius 1 is 1.33 bits per heavy atom. The molecule has 0 atom stereocenters. The van der Waals surface area contributed by atoms with Crippen LogP contribution in [0.3, 0.4) is 0 Å². The lowest BCUT2D eigenvalue weighted by atomic mass is 10.1. The summed E-state index contributed by atoms with van der Waals surface area (Å²) in [5.74, 6) is 0.471. The minimum Gasteiger partial charge on any atom is -0.350 e.